The van der Waals surface area contributed by atoms with Gasteiger partial charge in [-0.1, -0.05) is 24.3 Å². The average molecular weight is 428 g/mol. The first-order valence-electron chi connectivity index (χ1n) is 11.9. The molecular formula is C25H37N3O3. The van der Waals surface area contributed by atoms with Gasteiger partial charge in [0.25, 0.3) is 0 Å². The maximum atomic E-state index is 13.0. The van der Waals surface area contributed by atoms with Crippen LogP contribution in [0.3, 0.4) is 0 Å². The second kappa shape index (κ2) is 9.70. The Kier molecular flexibility index (Phi) is 6.97. The Morgan fingerprint density at radius 2 is 1.87 bits per heavy atom. The van der Waals surface area contributed by atoms with E-state index in [9.17, 15) is 9.59 Å². The van der Waals surface area contributed by atoms with Crippen molar-refractivity contribution in [3.63, 3.8) is 0 Å². The van der Waals surface area contributed by atoms with Crippen molar-refractivity contribution in [3.8, 4) is 0 Å². The highest BCUT2D eigenvalue weighted by atomic mass is 16.5. The number of piperidine rings is 1. The summed E-state index contributed by atoms with van der Waals surface area (Å²) in [5.41, 5.74) is 2.87. The van der Waals surface area contributed by atoms with Crippen LogP contribution in [0.2, 0.25) is 0 Å². The number of likely N-dealkylation sites (tertiary alicyclic amines) is 1. The zero-order chi connectivity index (χ0) is 21.8. The van der Waals surface area contributed by atoms with E-state index in [-0.39, 0.29) is 23.2 Å². The van der Waals surface area contributed by atoms with Gasteiger partial charge in [-0.05, 0) is 68.7 Å². The minimum atomic E-state index is 0.109. The van der Waals surface area contributed by atoms with E-state index in [1.54, 1.807) is 0 Å². The molecule has 2 amide bonds. The van der Waals surface area contributed by atoms with Gasteiger partial charge in [-0.15, -0.1) is 0 Å². The van der Waals surface area contributed by atoms with Crippen molar-refractivity contribution in [1.82, 2.24) is 15.1 Å². The molecule has 3 aliphatic rings. The molecule has 4 rings (SSSR count). The Morgan fingerprint density at radius 1 is 1.16 bits per heavy atom. The second-order valence-corrected chi connectivity index (χ2v) is 9.84. The molecule has 170 valence electrons. The molecule has 0 aromatic heterocycles. The molecule has 1 aliphatic carbocycles. The number of hydrogen-bond donors (Lipinski definition) is 1. The van der Waals surface area contributed by atoms with E-state index in [1.165, 1.54) is 11.1 Å². The fourth-order valence-corrected chi connectivity index (χ4v) is 5.76. The van der Waals surface area contributed by atoms with Gasteiger partial charge in [0.15, 0.2) is 0 Å². The summed E-state index contributed by atoms with van der Waals surface area (Å²) in [6.45, 7) is 4.61. The maximum absolute atomic E-state index is 13.0. The first kappa shape index (κ1) is 22.3. The number of nitrogens with one attached hydrogen (secondary N) is 1. The lowest BCUT2D eigenvalue weighted by Crippen LogP contribution is -2.47. The lowest BCUT2D eigenvalue weighted by Gasteiger charge is -2.41. The predicted molar refractivity (Wildman–Crippen MR) is 121 cm³/mol. The number of hydrogen-bond acceptors (Lipinski definition) is 4. The third kappa shape index (κ3) is 4.96. The third-order valence-electron chi connectivity index (χ3n) is 7.52. The summed E-state index contributed by atoms with van der Waals surface area (Å²) in [5, 5.41) is 3.08. The maximum Gasteiger partial charge on any atom is 0.225 e. The van der Waals surface area contributed by atoms with Gasteiger partial charge in [-0.25, -0.2) is 0 Å². The largest absolute Gasteiger partial charge is 0.381 e. The molecule has 0 saturated carbocycles. The summed E-state index contributed by atoms with van der Waals surface area (Å²) in [7, 11) is 4.03. The number of amides is 2. The molecule has 0 radical (unpaired) electrons. The first-order valence-corrected chi connectivity index (χ1v) is 11.9. The average Bonchev–Trinajstić information content (AvgIpc) is 3.07. The van der Waals surface area contributed by atoms with Crippen molar-refractivity contribution < 1.29 is 14.3 Å². The monoisotopic (exact) mass is 427 g/mol. The van der Waals surface area contributed by atoms with Crippen LogP contribution in [-0.2, 0) is 19.7 Å². The van der Waals surface area contributed by atoms with Gasteiger partial charge < -0.3 is 19.9 Å². The Morgan fingerprint density at radius 3 is 2.58 bits per heavy atom. The Bertz CT molecular complexity index is 780. The Hall–Kier alpha value is -1.92. The van der Waals surface area contributed by atoms with Crippen molar-refractivity contribution in [1.29, 1.82) is 0 Å². The molecule has 6 nitrogen and oxygen atoms in total. The van der Waals surface area contributed by atoms with Crippen molar-refractivity contribution in [2.45, 2.75) is 49.9 Å². The van der Waals surface area contributed by atoms with Crippen LogP contribution >= 0.6 is 0 Å². The van der Waals surface area contributed by atoms with Crippen molar-refractivity contribution in [3.05, 3.63) is 35.4 Å². The summed E-state index contributed by atoms with van der Waals surface area (Å²) < 4.78 is 5.43. The molecule has 1 N–H and O–H groups in total. The van der Waals surface area contributed by atoms with Gasteiger partial charge in [-0.3, -0.25) is 9.59 Å². The Labute approximate surface area is 186 Å². The van der Waals surface area contributed by atoms with E-state index in [0.717, 1.165) is 51.7 Å². The lowest BCUT2D eigenvalue weighted by molar-refractivity contribution is -0.140. The molecule has 0 bridgehead atoms. The van der Waals surface area contributed by atoms with Crippen LogP contribution in [0.25, 0.3) is 0 Å². The number of likely N-dealkylation sites (N-methyl/N-ethyl adjacent to an activating group) is 1. The molecule has 6 heteroatoms. The smallest absolute Gasteiger partial charge is 0.225 e. The van der Waals surface area contributed by atoms with E-state index in [0.29, 0.717) is 32.1 Å². The van der Waals surface area contributed by atoms with Crippen molar-refractivity contribution in [2.24, 2.45) is 5.92 Å². The highest BCUT2D eigenvalue weighted by Crippen LogP contribution is 2.52. The summed E-state index contributed by atoms with van der Waals surface area (Å²) in [5.74, 6) is 0.873. The molecule has 31 heavy (non-hydrogen) atoms. The first-order chi connectivity index (χ1) is 15.0. The highest BCUT2D eigenvalue weighted by Gasteiger charge is 2.46. The number of carbonyl (C=O) groups is 2. The number of rotatable bonds is 6. The van der Waals surface area contributed by atoms with Gasteiger partial charge in [0, 0.05) is 51.7 Å². The number of nitrogens with zero attached hydrogens (tertiary/aromatic N) is 2. The molecular weight excluding hydrogens is 390 g/mol. The van der Waals surface area contributed by atoms with Crippen LogP contribution in [0, 0.1) is 5.92 Å². The second-order valence-electron chi connectivity index (χ2n) is 9.84. The molecule has 2 saturated heterocycles. The summed E-state index contributed by atoms with van der Waals surface area (Å²) in [6, 6.07) is 8.69. The minimum Gasteiger partial charge on any atom is -0.381 e. The van der Waals surface area contributed by atoms with E-state index < -0.39 is 0 Å². The molecule has 1 aromatic carbocycles. The van der Waals surface area contributed by atoms with Crippen LogP contribution in [0.5, 0.6) is 0 Å². The standard InChI is InChI=1S/C25H37N3O3/c1-27(2)14-11-26-23(29)17-20-18-25(22-6-4-3-5-21(20)22)9-12-28(13-10-25)24(30)19-7-15-31-16-8-19/h3-6,19-20H,7-18H2,1-2H3,(H,26,29). The van der Waals surface area contributed by atoms with E-state index in [4.69, 9.17) is 4.74 Å². The van der Waals surface area contributed by atoms with E-state index in [1.807, 2.05) is 14.1 Å². The minimum absolute atomic E-state index is 0.109. The SMILES string of the molecule is CN(C)CCNC(=O)CC1CC2(CCN(C(=O)C3CCOCC3)CC2)c2ccccc21. The number of ether oxygens (including phenoxy) is 1. The van der Waals surface area contributed by atoms with Gasteiger partial charge >= 0.3 is 0 Å². The van der Waals surface area contributed by atoms with E-state index >= 15 is 0 Å². The predicted octanol–water partition coefficient (Wildman–Crippen LogP) is 2.53. The van der Waals surface area contributed by atoms with Gasteiger partial charge in [0.1, 0.15) is 0 Å². The summed E-state index contributed by atoms with van der Waals surface area (Å²) in [4.78, 5) is 29.7. The fraction of sp³-hybridized carbons (Fsp3) is 0.680. The van der Waals surface area contributed by atoms with Crippen molar-refractivity contribution in [2.75, 3.05) is 53.5 Å². The number of benzene rings is 1. The highest BCUT2D eigenvalue weighted by molar-refractivity contribution is 5.79. The number of fused-ring (bicyclic) bond motifs is 2. The van der Waals surface area contributed by atoms with Crippen LogP contribution in [0.15, 0.2) is 24.3 Å². The molecule has 1 aromatic rings. The van der Waals surface area contributed by atoms with Gasteiger partial charge in [-0.2, -0.15) is 0 Å². The quantitative estimate of drug-likeness (QED) is 0.758. The van der Waals surface area contributed by atoms with Crippen LogP contribution in [0.1, 0.15) is 55.6 Å². The van der Waals surface area contributed by atoms with Gasteiger partial charge in [0.05, 0.1) is 0 Å². The fourth-order valence-electron chi connectivity index (χ4n) is 5.76. The summed E-state index contributed by atoms with van der Waals surface area (Å²) in [6.07, 6.45) is 5.28. The molecule has 2 fully saturated rings. The van der Waals surface area contributed by atoms with Crippen LogP contribution < -0.4 is 5.32 Å². The van der Waals surface area contributed by atoms with Crippen LogP contribution in [-0.4, -0.2) is 75.1 Å². The lowest BCUT2D eigenvalue weighted by atomic mass is 9.73. The third-order valence-corrected chi connectivity index (χ3v) is 7.52. The van der Waals surface area contributed by atoms with E-state index in [2.05, 4.69) is 39.4 Å². The number of carbonyl (C=O) groups excluding carboxylic acids is 2. The molecule has 2 heterocycles. The molecule has 1 atom stereocenters. The Balaban J connectivity index is 1.39. The molecule has 1 spiro atoms. The topological polar surface area (TPSA) is 61.9 Å². The summed E-state index contributed by atoms with van der Waals surface area (Å²) >= 11 is 0. The molecule has 2 aliphatic heterocycles. The van der Waals surface area contributed by atoms with Crippen molar-refractivity contribution >= 4 is 11.8 Å². The van der Waals surface area contributed by atoms with Gasteiger partial charge in [0.2, 0.25) is 11.8 Å². The normalized spacial score (nSPS) is 23.2. The molecule has 1 unspecified atom stereocenters. The zero-order valence-corrected chi connectivity index (χ0v) is 19.1. The zero-order valence-electron chi connectivity index (χ0n) is 19.1. The van der Waals surface area contributed by atoms with Crippen LogP contribution in [0.4, 0.5) is 0 Å².